The van der Waals surface area contributed by atoms with Crippen molar-refractivity contribution < 1.29 is 9.83 Å². The molecule has 1 atom stereocenters. The zero-order chi connectivity index (χ0) is 16.8. The molecule has 23 heavy (non-hydrogen) atoms. The minimum absolute atomic E-state index is 0. The van der Waals surface area contributed by atoms with Gasteiger partial charge in [0.2, 0.25) is 5.91 Å². The highest BCUT2D eigenvalue weighted by Crippen LogP contribution is 2.01. The van der Waals surface area contributed by atoms with Gasteiger partial charge in [-0.25, -0.2) is 10.1 Å². The third kappa shape index (κ3) is 15.1. The SMILES string of the molecule is CCCCCCCNC(=O)C(N)CCCNC(=N)N[N+](=O)[O-].Cl. The lowest BCUT2D eigenvalue weighted by atomic mass is 10.1. The molecule has 0 aliphatic heterocycles. The van der Waals surface area contributed by atoms with Crippen molar-refractivity contribution in [3.05, 3.63) is 10.1 Å². The molecule has 1 unspecified atom stereocenters. The Bertz CT molecular complexity index is 357. The standard InChI is InChI=1S/C13H28N6O3.ClH/c1-2-3-4-5-6-9-16-12(20)11(14)8-7-10-17-13(15)18-19(21)22;/h11H,2-10,14H2,1H3,(H,16,20)(H3,15,17,18);1H. The van der Waals surface area contributed by atoms with Gasteiger partial charge in [0, 0.05) is 13.1 Å². The molecule has 136 valence electrons. The second-order valence-electron chi connectivity index (χ2n) is 5.12. The molecule has 0 rings (SSSR count). The average Bonchev–Trinajstić information content (AvgIpc) is 2.46. The summed E-state index contributed by atoms with van der Waals surface area (Å²) in [6, 6.07) is -0.588. The fourth-order valence-corrected chi connectivity index (χ4v) is 1.87. The third-order valence-electron chi connectivity index (χ3n) is 3.11. The van der Waals surface area contributed by atoms with E-state index < -0.39 is 11.1 Å². The molecule has 0 aliphatic carbocycles. The van der Waals surface area contributed by atoms with Crippen LogP contribution in [-0.4, -0.2) is 36.0 Å². The minimum Gasteiger partial charge on any atom is -0.355 e. The number of amides is 1. The van der Waals surface area contributed by atoms with E-state index in [2.05, 4.69) is 17.6 Å². The number of rotatable bonds is 12. The highest BCUT2D eigenvalue weighted by molar-refractivity contribution is 5.85. The Balaban J connectivity index is 0. The molecule has 0 aromatic rings. The van der Waals surface area contributed by atoms with Gasteiger partial charge in [0.15, 0.2) is 5.03 Å². The smallest absolute Gasteiger partial charge is 0.251 e. The Morgan fingerprint density at radius 1 is 1.17 bits per heavy atom. The van der Waals surface area contributed by atoms with Crippen molar-refractivity contribution in [1.82, 2.24) is 16.1 Å². The average molecular weight is 353 g/mol. The van der Waals surface area contributed by atoms with Crippen molar-refractivity contribution >= 4 is 24.3 Å². The van der Waals surface area contributed by atoms with Gasteiger partial charge in [0.1, 0.15) is 0 Å². The maximum Gasteiger partial charge on any atom is 0.251 e. The molecule has 0 aromatic heterocycles. The molecule has 0 aromatic carbocycles. The number of carbonyl (C=O) groups is 1. The van der Waals surface area contributed by atoms with Crippen molar-refractivity contribution in [3.63, 3.8) is 0 Å². The van der Waals surface area contributed by atoms with Crippen LogP contribution in [0.4, 0.5) is 0 Å². The Hall–Kier alpha value is -1.61. The van der Waals surface area contributed by atoms with E-state index >= 15 is 0 Å². The van der Waals surface area contributed by atoms with Crippen LogP contribution in [0.25, 0.3) is 0 Å². The number of unbranched alkanes of at least 4 members (excludes halogenated alkanes) is 4. The molecule has 0 aliphatic rings. The van der Waals surface area contributed by atoms with Gasteiger partial charge < -0.3 is 16.4 Å². The molecule has 0 radical (unpaired) electrons. The van der Waals surface area contributed by atoms with Crippen LogP contribution in [0.5, 0.6) is 0 Å². The van der Waals surface area contributed by atoms with Gasteiger partial charge in [-0.2, -0.15) is 0 Å². The summed E-state index contributed by atoms with van der Waals surface area (Å²) in [7, 11) is 0. The fourth-order valence-electron chi connectivity index (χ4n) is 1.87. The summed E-state index contributed by atoms with van der Waals surface area (Å²) < 4.78 is 0. The van der Waals surface area contributed by atoms with Gasteiger partial charge in [0.05, 0.1) is 6.04 Å². The second kappa shape index (κ2) is 15.3. The van der Waals surface area contributed by atoms with Crippen molar-refractivity contribution in [3.8, 4) is 0 Å². The molecule has 0 spiro atoms. The summed E-state index contributed by atoms with van der Waals surface area (Å²) in [5, 5.41) is 21.8. The predicted octanol–water partition coefficient (Wildman–Crippen LogP) is 0.908. The van der Waals surface area contributed by atoms with E-state index in [1.165, 1.54) is 19.3 Å². The predicted molar refractivity (Wildman–Crippen MR) is 92.1 cm³/mol. The molecular formula is C13H29ClN6O3. The summed E-state index contributed by atoms with van der Waals surface area (Å²) in [5.41, 5.74) is 7.45. The van der Waals surface area contributed by atoms with Gasteiger partial charge in [0.25, 0.3) is 5.96 Å². The number of hydrazine groups is 1. The second-order valence-corrected chi connectivity index (χ2v) is 5.12. The number of nitro groups is 1. The number of hydrogen-bond donors (Lipinski definition) is 5. The quantitative estimate of drug-likeness (QED) is 0.116. The molecular weight excluding hydrogens is 324 g/mol. The van der Waals surface area contributed by atoms with Crippen LogP contribution in [-0.2, 0) is 4.79 Å². The van der Waals surface area contributed by atoms with Crippen molar-refractivity contribution in [1.29, 1.82) is 5.41 Å². The Morgan fingerprint density at radius 2 is 1.78 bits per heavy atom. The molecule has 0 saturated heterocycles. The molecule has 0 heterocycles. The van der Waals surface area contributed by atoms with Gasteiger partial charge in [-0.3, -0.25) is 10.2 Å². The topological polar surface area (TPSA) is 146 Å². The van der Waals surface area contributed by atoms with Gasteiger partial charge in [-0.15, -0.1) is 12.4 Å². The summed E-state index contributed by atoms with van der Waals surface area (Å²) in [6.07, 6.45) is 6.69. The number of hydrogen-bond acceptors (Lipinski definition) is 5. The first-order valence-electron chi connectivity index (χ1n) is 7.74. The first-order valence-corrected chi connectivity index (χ1v) is 7.74. The number of guanidine groups is 1. The van der Waals surface area contributed by atoms with E-state index in [1.54, 1.807) is 5.43 Å². The van der Waals surface area contributed by atoms with E-state index in [0.29, 0.717) is 25.9 Å². The fraction of sp³-hybridized carbons (Fsp3) is 0.846. The lowest BCUT2D eigenvalue weighted by Crippen LogP contribution is -2.42. The van der Waals surface area contributed by atoms with Gasteiger partial charge >= 0.3 is 0 Å². The number of nitrogens with one attached hydrogen (secondary N) is 4. The Morgan fingerprint density at radius 3 is 2.39 bits per heavy atom. The molecule has 9 nitrogen and oxygen atoms in total. The molecule has 6 N–H and O–H groups in total. The minimum atomic E-state index is -0.810. The van der Waals surface area contributed by atoms with Crippen molar-refractivity contribution in [2.24, 2.45) is 5.73 Å². The summed E-state index contributed by atoms with van der Waals surface area (Å²) >= 11 is 0. The lowest BCUT2D eigenvalue weighted by Gasteiger charge is -2.12. The van der Waals surface area contributed by atoms with Crippen LogP contribution in [0.2, 0.25) is 0 Å². The van der Waals surface area contributed by atoms with Gasteiger partial charge in [-0.1, -0.05) is 38.0 Å². The first kappa shape index (κ1) is 23.7. The monoisotopic (exact) mass is 352 g/mol. The molecule has 0 fully saturated rings. The largest absolute Gasteiger partial charge is 0.355 e. The van der Waals surface area contributed by atoms with Crippen LogP contribution in [0.3, 0.4) is 0 Å². The van der Waals surface area contributed by atoms with Crippen molar-refractivity contribution in [2.75, 3.05) is 13.1 Å². The first-order chi connectivity index (χ1) is 10.5. The maximum atomic E-state index is 11.7. The third-order valence-corrected chi connectivity index (χ3v) is 3.11. The molecule has 0 bridgehead atoms. The van der Waals surface area contributed by atoms with E-state index in [4.69, 9.17) is 11.1 Å². The van der Waals surface area contributed by atoms with Gasteiger partial charge in [-0.05, 0) is 19.3 Å². The summed E-state index contributed by atoms with van der Waals surface area (Å²) in [6.45, 7) is 3.15. The normalized spacial score (nSPS) is 11.0. The Labute approximate surface area is 143 Å². The van der Waals surface area contributed by atoms with Crippen LogP contribution in [0, 0.1) is 15.5 Å². The molecule has 1 amide bonds. The Kier molecular flexibility index (Phi) is 15.7. The van der Waals surface area contributed by atoms with Crippen molar-refractivity contribution in [2.45, 2.75) is 57.9 Å². The lowest BCUT2D eigenvalue weighted by molar-refractivity contribution is -0.525. The zero-order valence-electron chi connectivity index (χ0n) is 13.6. The van der Waals surface area contributed by atoms with E-state index in [9.17, 15) is 14.9 Å². The van der Waals surface area contributed by atoms with E-state index in [0.717, 1.165) is 12.8 Å². The summed E-state index contributed by atoms with van der Waals surface area (Å²) in [4.78, 5) is 21.8. The van der Waals surface area contributed by atoms with E-state index in [-0.39, 0.29) is 24.3 Å². The van der Waals surface area contributed by atoms with Crippen LogP contribution < -0.4 is 21.8 Å². The maximum absolute atomic E-state index is 11.7. The molecule has 0 saturated carbocycles. The number of halogens is 1. The molecule has 10 heteroatoms. The number of nitrogens with zero attached hydrogens (tertiary/aromatic N) is 1. The summed E-state index contributed by atoms with van der Waals surface area (Å²) in [5.74, 6) is -0.552. The number of nitrogens with two attached hydrogens (primary N) is 1. The van der Waals surface area contributed by atoms with E-state index in [1.807, 2.05) is 0 Å². The highest BCUT2D eigenvalue weighted by atomic mass is 35.5. The number of carbonyl (C=O) groups excluding carboxylic acids is 1. The van der Waals surface area contributed by atoms with Crippen LogP contribution in [0.15, 0.2) is 0 Å². The zero-order valence-corrected chi connectivity index (χ0v) is 14.4. The highest BCUT2D eigenvalue weighted by Gasteiger charge is 2.12. The van der Waals surface area contributed by atoms with Crippen LogP contribution >= 0.6 is 12.4 Å². The van der Waals surface area contributed by atoms with Crippen LogP contribution in [0.1, 0.15) is 51.9 Å².